The standard InChI is InChI=1S/C18H10Br2F2O/c1-3-17(13-7-5-11(21)9-15(13)19)23-18(4-2)14-8-6-12(22)10-16(14)20/h1-2,5-10,17-18H. The Balaban J connectivity index is 2.33. The molecule has 0 aromatic heterocycles. The molecule has 23 heavy (non-hydrogen) atoms. The number of terminal acetylenes is 2. The Labute approximate surface area is 150 Å². The molecule has 2 rings (SSSR count). The van der Waals surface area contributed by atoms with Gasteiger partial charge in [-0.1, -0.05) is 55.8 Å². The van der Waals surface area contributed by atoms with E-state index in [1.165, 1.54) is 36.4 Å². The van der Waals surface area contributed by atoms with Gasteiger partial charge in [0, 0.05) is 20.1 Å². The highest BCUT2D eigenvalue weighted by atomic mass is 79.9. The maximum Gasteiger partial charge on any atom is 0.146 e. The molecule has 0 aliphatic heterocycles. The average Bonchev–Trinajstić information content (AvgIpc) is 2.50. The van der Waals surface area contributed by atoms with Gasteiger partial charge in [-0.05, 0) is 24.3 Å². The van der Waals surface area contributed by atoms with E-state index in [2.05, 4.69) is 43.7 Å². The van der Waals surface area contributed by atoms with Gasteiger partial charge in [-0.25, -0.2) is 8.78 Å². The molecule has 0 spiro atoms. The molecule has 2 unspecified atom stereocenters. The van der Waals surface area contributed by atoms with Gasteiger partial charge in [-0.15, -0.1) is 12.8 Å². The molecule has 0 fully saturated rings. The zero-order valence-electron chi connectivity index (χ0n) is 11.7. The first-order valence-electron chi connectivity index (χ1n) is 6.44. The van der Waals surface area contributed by atoms with Crippen LogP contribution in [0.4, 0.5) is 8.78 Å². The summed E-state index contributed by atoms with van der Waals surface area (Å²) in [4.78, 5) is 0. The van der Waals surface area contributed by atoms with E-state index in [1.54, 1.807) is 0 Å². The molecular formula is C18H10Br2F2O. The molecule has 0 saturated heterocycles. The van der Waals surface area contributed by atoms with E-state index >= 15 is 0 Å². The van der Waals surface area contributed by atoms with Gasteiger partial charge in [-0.3, -0.25) is 0 Å². The van der Waals surface area contributed by atoms with E-state index in [1.807, 2.05) is 0 Å². The van der Waals surface area contributed by atoms with Gasteiger partial charge in [0.1, 0.15) is 23.8 Å². The molecule has 0 aliphatic carbocycles. The minimum atomic E-state index is -0.789. The van der Waals surface area contributed by atoms with Crippen molar-refractivity contribution in [1.82, 2.24) is 0 Å². The smallest absolute Gasteiger partial charge is 0.146 e. The molecule has 5 heteroatoms. The molecule has 2 aromatic carbocycles. The summed E-state index contributed by atoms with van der Waals surface area (Å²) < 4.78 is 33.2. The zero-order valence-corrected chi connectivity index (χ0v) is 14.9. The SMILES string of the molecule is C#CC(OC(C#C)c1ccc(F)cc1Br)c1ccc(F)cc1Br. The highest BCUT2D eigenvalue weighted by molar-refractivity contribution is 9.10. The Morgan fingerprint density at radius 2 is 1.22 bits per heavy atom. The lowest BCUT2D eigenvalue weighted by molar-refractivity contribution is 0.0507. The first-order chi connectivity index (χ1) is 11.0. The predicted molar refractivity (Wildman–Crippen MR) is 92.4 cm³/mol. The van der Waals surface area contributed by atoms with E-state index in [0.29, 0.717) is 20.1 Å². The second kappa shape index (κ2) is 7.75. The lowest BCUT2D eigenvalue weighted by Gasteiger charge is -2.20. The maximum absolute atomic E-state index is 13.2. The van der Waals surface area contributed by atoms with Crippen LogP contribution >= 0.6 is 31.9 Å². The van der Waals surface area contributed by atoms with Crippen molar-refractivity contribution in [2.75, 3.05) is 0 Å². The zero-order chi connectivity index (χ0) is 17.0. The molecule has 0 bridgehead atoms. The van der Waals surface area contributed by atoms with Crippen molar-refractivity contribution >= 4 is 31.9 Å². The van der Waals surface area contributed by atoms with Gasteiger partial charge < -0.3 is 4.74 Å². The second-order valence-corrected chi connectivity index (χ2v) is 6.27. The minimum absolute atomic E-state index is 0.397. The van der Waals surface area contributed by atoms with Crippen LogP contribution in [0, 0.1) is 36.3 Å². The summed E-state index contributed by atoms with van der Waals surface area (Å²) in [6.45, 7) is 0. The monoisotopic (exact) mass is 438 g/mol. The van der Waals surface area contributed by atoms with Crippen molar-refractivity contribution in [3.63, 3.8) is 0 Å². The summed E-state index contributed by atoms with van der Waals surface area (Å²) in [5.41, 5.74) is 1.15. The van der Waals surface area contributed by atoms with Gasteiger partial charge in [0.15, 0.2) is 0 Å². The van der Waals surface area contributed by atoms with E-state index in [9.17, 15) is 8.78 Å². The van der Waals surface area contributed by atoms with Crippen LogP contribution in [0.2, 0.25) is 0 Å². The van der Waals surface area contributed by atoms with Gasteiger partial charge in [0.2, 0.25) is 0 Å². The molecule has 0 radical (unpaired) electrons. The largest absolute Gasteiger partial charge is 0.340 e. The fourth-order valence-corrected chi connectivity index (χ4v) is 3.09. The quantitative estimate of drug-likeness (QED) is 0.567. The number of benzene rings is 2. The number of halogens is 4. The Kier molecular flexibility index (Phi) is 5.96. The summed E-state index contributed by atoms with van der Waals surface area (Å²) >= 11 is 6.51. The third-order valence-corrected chi connectivity index (χ3v) is 4.44. The number of rotatable bonds is 4. The van der Waals surface area contributed by atoms with E-state index in [0.717, 1.165) is 0 Å². The molecule has 0 saturated carbocycles. The van der Waals surface area contributed by atoms with Gasteiger partial charge in [0.05, 0.1) is 0 Å². The summed E-state index contributed by atoms with van der Waals surface area (Å²) in [6.07, 6.45) is 9.47. The minimum Gasteiger partial charge on any atom is -0.340 e. The molecule has 2 aromatic rings. The molecule has 0 aliphatic rings. The fraction of sp³-hybridized carbons (Fsp3) is 0.111. The molecule has 2 atom stereocenters. The third kappa shape index (κ3) is 4.20. The first-order valence-corrected chi connectivity index (χ1v) is 8.02. The predicted octanol–water partition coefficient (Wildman–Crippen LogP) is 5.56. The molecule has 1 nitrogen and oxygen atoms in total. The maximum atomic E-state index is 13.2. The van der Waals surface area contributed by atoms with Crippen LogP contribution in [0.25, 0.3) is 0 Å². The second-order valence-electron chi connectivity index (χ2n) is 4.56. The highest BCUT2D eigenvalue weighted by Crippen LogP contribution is 2.33. The van der Waals surface area contributed by atoms with Crippen molar-refractivity contribution in [1.29, 1.82) is 0 Å². The Hall–Kier alpha value is -1.66. The fourth-order valence-electron chi connectivity index (χ4n) is 1.97. The topological polar surface area (TPSA) is 9.23 Å². The van der Waals surface area contributed by atoms with Crippen molar-refractivity contribution < 1.29 is 13.5 Å². The highest BCUT2D eigenvalue weighted by Gasteiger charge is 2.21. The Morgan fingerprint density at radius 3 is 1.52 bits per heavy atom. The van der Waals surface area contributed by atoms with Crippen LogP contribution in [-0.2, 0) is 4.74 Å². The van der Waals surface area contributed by atoms with Crippen LogP contribution in [0.15, 0.2) is 45.3 Å². The number of hydrogen-bond donors (Lipinski definition) is 0. The summed E-state index contributed by atoms with van der Waals surface area (Å²) in [5.74, 6) is 4.17. The number of ether oxygens (including phenoxy) is 1. The van der Waals surface area contributed by atoms with Crippen LogP contribution in [-0.4, -0.2) is 0 Å². The van der Waals surface area contributed by atoms with Crippen molar-refractivity contribution in [2.24, 2.45) is 0 Å². The first kappa shape index (κ1) is 17.7. The van der Waals surface area contributed by atoms with Gasteiger partial charge in [0.25, 0.3) is 0 Å². The Morgan fingerprint density at radius 1 is 0.826 bits per heavy atom. The molecule has 0 N–H and O–H groups in total. The van der Waals surface area contributed by atoms with Crippen molar-refractivity contribution in [3.8, 4) is 24.7 Å². The lowest BCUT2D eigenvalue weighted by atomic mass is 10.1. The van der Waals surface area contributed by atoms with E-state index in [4.69, 9.17) is 17.6 Å². The average molecular weight is 440 g/mol. The van der Waals surface area contributed by atoms with Gasteiger partial charge in [-0.2, -0.15) is 0 Å². The van der Waals surface area contributed by atoms with Crippen molar-refractivity contribution in [2.45, 2.75) is 12.2 Å². The van der Waals surface area contributed by atoms with Crippen LogP contribution < -0.4 is 0 Å². The molecule has 116 valence electrons. The molecular weight excluding hydrogens is 430 g/mol. The van der Waals surface area contributed by atoms with Crippen LogP contribution in [0.5, 0.6) is 0 Å². The summed E-state index contributed by atoms with van der Waals surface area (Å²) in [6, 6.07) is 8.21. The van der Waals surface area contributed by atoms with Crippen LogP contribution in [0.1, 0.15) is 23.3 Å². The third-order valence-electron chi connectivity index (χ3n) is 3.06. The van der Waals surface area contributed by atoms with Crippen LogP contribution in [0.3, 0.4) is 0 Å². The van der Waals surface area contributed by atoms with Crippen molar-refractivity contribution in [3.05, 3.63) is 68.1 Å². The Bertz CT molecular complexity index is 738. The summed E-state index contributed by atoms with van der Waals surface area (Å²) in [7, 11) is 0. The van der Waals surface area contributed by atoms with E-state index in [-0.39, 0.29) is 0 Å². The normalized spacial score (nSPS) is 13.0. The molecule has 0 heterocycles. The molecule has 0 amide bonds. The summed E-state index contributed by atoms with van der Waals surface area (Å²) in [5, 5.41) is 0. The van der Waals surface area contributed by atoms with Gasteiger partial charge >= 0.3 is 0 Å². The number of hydrogen-bond acceptors (Lipinski definition) is 1. The van der Waals surface area contributed by atoms with E-state index < -0.39 is 23.8 Å². The lowest BCUT2D eigenvalue weighted by Crippen LogP contribution is -2.09.